The number of rotatable bonds is 1. The lowest BCUT2D eigenvalue weighted by atomic mass is 10.0. The van der Waals surface area contributed by atoms with Crippen LogP contribution in [0.25, 0.3) is 0 Å². The van der Waals surface area contributed by atoms with Gasteiger partial charge in [-0.1, -0.05) is 11.6 Å². The highest BCUT2D eigenvalue weighted by Crippen LogP contribution is 2.24. The molecule has 0 radical (unpaired) electrons. The molecule has 1 aromatic carbocycles. The minimum atomic E-state index is 0. The van der Waals surface area contributed by atoms with Gasteiger partial charge in [-0.25, -0.2) is 0 Å². The van der Waals surface area contributed by atoms with E-state index in [-0.39, 0.29) is 24.4 Å². The molecule has 1 heterocycles. The van der Waals surface area contributed by atoms with Crippen LogP contribution < -0.4 is 5.73 Å². The molecule has 2 N–H and O–H groups in total. The van der Waals surface area contributed by atoms with Gasteiger partial charge >= 0.3 is 0 Å². The van der Waals surface area contributed by atoms with Crippen LogP contribution in [-0.2, 0) is 0 Å². The van der Waals surface area contributed by atoms with E-state index in [1.54, 1.807) is 18.2 Å². The Morgan fingerprint density at radius 2 is 2.00 bits per heavy atom. The molecule has 0 unspecified atom stereocenters. The summed E-state index contributed by atoms with van der Waals surface area (Å²) >= 11 is 9.29. The fourth-order valence-electron chi connectivity index (χ4n) is 1.91. The number of hydrogen-bond acceptors (Lipinski definition) is 2. The summed E-state index contributed by atoms with van der Waals surface area (Å²) in [6.07, 6.45) is 1.74. The zero-order chi connectivity index (χ0) is 12.4. The van der Waals surface area contributed by atoms with Gasteiger partial charge in [0.1, 0.15) is 0 Å². The summed E-state index contributed by atoms with van der Waals surface area (Å²) < 4.78 is 0.802. The fraction of sp³-hybridized carbons (Fsp3) is 0.417. The topological polar surface area (TPSA) is 46.3 Å². The highest BCUT2D eigenvalue weighted by molar-refractivity contribution is 9.10. The van der Waals surface area contributed by atoms with Gasteiger partial charge in [-0.05, 0) is 47.0 Å². The third kappa shape index (κ3) is 3.60. The standard InChI is InChI=1S/C12H14BrClN2O.ClH/c13-10-2-1-8(7-11(10)14)12(17)16-5-3-9(15)4-6-16;/h1-2,7,9H,3-6,15H2;1H. The zero-order valence-electron chi connectivity index (χ0n) is 9.73. The molecule has 0 spiro atoms. The van der Waals surface area contributed by atoms with Crippen molar-refractivity contribution in [1.82, 2.24) is 4.90 Å². The van der Waals surface area contributed by atoms with Crippen molar-refractivity contribution in [2.75, 3.05) is 13.1 Å². The van der Waals surface area contributed by atoms with Gasteiger partial charge in [0.2, 0.25) is 0 Å². The van der Waals surface area contributed by atoms with Crippen LogP contribution in [0, 0.1) is 0 Å². The number of likely N-dealkylation sites (tertiary alicyclic amines) is 1. The summed E-state index contributed by atoms with van der Waals surface area (Å²) in [5.41, 5.74) is 6.45. The third-order valence-electron chi connectivity index (χ3n) is 2.99. The number of amides is 1. The van der Waals surface area contributed by atoms with Crippen LogP contribution in [0.15, 0.2) is 22.7 Å². The van der Waals surface area contributed by atoms with Crippen LogP contribution in [0.4, 0.5) is 0 Å². The summed E-state index contributed by atoms with van der Waals surface area (Å²) in [6, 6.07) is 5.51. The van der Waals surface area contributed by atoms with Gasteiger partial charge in [0.05, 0.1) is 5.02 Å². The molecule has 1 amide bonds. The normalized spacial score (nSPS) is 16.3. The average molecular weight is 354 g/mol. The molecule has 1 fully saturated rings. The van der Waals surface area contributed by atoms with E-state index < -0.39 is 0 Å². The second-order valence-electron chi connectivity index (χ2n) is 4.26. The first-order valence-electron chi connectivity index (χ1n) is 5.58. The first-order chi connectivity index (χ1) is 8.08. The number of nitrogens with two attached hydrogens (primary N) is 1. The van der Waals surface area contributed by atoms with Gasteiger partial charge in [0.15, 0.2) is 0 Å². The summed E-state index contributed by atoms with van der Waals surface area (Å²) in [7, 11) is 0. The summed E-state index contributed by atoms with van der Waals surface area (Å²) in [5.74, 6) is 0.0336. The molecule has 100 valence electrons. The number of hydrogen-bond donors (Lipinski definition) is 1. The number of halogens is 3. The fourth-order valence-corrected chi connectivity index (χ4v) is 2.34. The molecule has 0 saturated carbocycles. The predicted octanol–water partition coefficient (Wildman–Crippen LogP) is 3.09. The van der Waals surface area contributed by atoms with Crippen molar-refractivity contribution in [3.63, 3.8) is 0 Å². The minimum absolute atomic E-state index is 0. The summed E-state index contributed by atoms with van der Waals surface area (Å²) in [5, 5.41) is 0.560. The molecule has 1 aromatic rings. The van der Waals surface area contributed by atoms with Crippen molar-refractivity contribution in [2.45, 2.75) is 18.9 Å². The van der Waals surface area contributed by atoms with E-state index in [2.05, 4.69) is 15.9 Å². The first-order valence-corrected chi connectivity index (χ1v) is 6.75. The molecule has 2 rings (SSSR count). The molecule has 1 aliphatic rings. The van der Waals surface area contributed by atoms with E-state index in [9.17, 15) is 4.79 Å². The smallest absolute Gasteiger partial charge is 0.253 e. The van der Waals surface area contributed by atoms with Crippen molar-refractivity contribution in [2.24, 2.45) is 5.73 Å². The molecular formula is C12H15BrCl2N2O. The van der Waals surface area contributed by atoms with Crippen LogP contribution in [0.3, 0.4) is 0 Å². The second kappa shape index (κ2) is 6.75. The van der Waals surface area contributed by atoms with E-state index in [4.69, 9.17) is 17.3 Å². The molecule has 18 heavy (non-hydrogen) atoms. The number of piperidine rings is 1. The van der Waals surface area contributed by atoms with Gasteiger partial charge in [0, 0.05) is 29.2 Å². The molecule has 0 aliphatic carbocycles. The highest BCUT2D eigenvalue weighted by atomic mass is 79.9. The Morgan fingerprint density at radius 1 is 1.39 bits per heavy atom. The number of carbonyl (C=O) groups excluding carboxylic acids is 1. The molecule has 0 atom stereocenters. The molecule has 3 nitrogen and oxygen atoms in total. The van der Waals surface area contributed by atoms with Crippen molar-refractivity contribution in [3.8, 4) is 0 Å². The number of nitrogens with zero attached hydrogens (tertiary/aromatic N) is 1. The maximum Gasteiger partial charge on any atom is 0.253 e. The quantitative estimate of drug-likeness (QED) is 0.843. The van der Waals surface area contributed by atoms with Crippen molar-refractivity contribution in [3.05, 3.63) is 33.3 Å². The monoisotopic (exact) mass is 352 g/mol. The van der Waals surface area contributed by atoms with E-state index in [1.165, 1.54) is 0 Å². The van der Waals surface area contributed by atoms with Crippen LogP contribution in [0.5, 0.6) is 0 Å². The lowest BCUT2D eigenvalue weighted by Gasteiger charge is -2.30. The third-order valence-corrected chi connectivity index (χ3v) is 4.23. The van der Waals surface area contributed by atoms with Crippen molar-refractivity contribution in [1.29, 1.82) is 0 Å². The molecule has 6 heteroatoms. The lowest BCUT2D eigenvalue weighted by Crippen LogP contribution is -2.42. The Morgan fingerprint density at radius 3 is 2.56 bits per heavy atom. The Balaban J connectivity index is 0.00000162. The Hall–Kier alpha value is -0.290. The SMILES string of the molecule is Cl.NC1CCN(C(=O)c2ccc(Br)c(Cl)c2)CC1. The summed E-state index contributed by atoms with van der Waals surface area (Å²) in [4.78, 5) is 14.0. The molecule has 1 saturated heterocycles. The molecular weight excluding hydrogens is 339 g/mol. The van der Waals surface area contributed by atoms with Gasteiger partial charge < -0.3 is 10.6 Å². The van der Waals surface area contributed by atoms with E-state index in [1.807, 2.05) is 4.90 Å². The molecule has 0 aromatic heterocycles. The van der Waals surface area contributed by atoms with Crippen LogP contribution >= 0.6 is 39.9 Å². The average Bonchev–Trinajstić information content (AvgIpc) is 2.33. The lowest BCUT2D eigenvalue weighted by molar-refractivity contribution is 0.0715. The first kappa shape index (κ1) is 15.8. The highest BCUT2D eigenvalue weighted by Gasteiger charge is 2.21. The van der Waals surface area contributed by atoms with Gasteiger partial charge in [0.25, 0.3) is 5.91 Å². The van der Waals surface area contributed by atoms with Crippen molar-refractivity contribution >= 4 is 45.8 Å². The number of benzene rings is 1. The zero-order valence-corrected chi connectivity index (χ0v) is 12.9. The largest absolute Gasteiger partial charge is 0.339 e. The maximum atomic E-state index is 12.2. The molecule has 1 aliphatic heterocycles. The summed E-state index contributed by atoms with van der Waals surface area (Å²) in [6.45, 7) is 1.46. The maximum absolute atomic E-state index is 12.2. The van der Waals surface area contributed by atoms with Crippen LogP contribution in [0.1, 0.15) is 23.2 Å². The van der Waals surface area contributed by atoms with Crippen molar-refractivity contribution < 1.29 is 4.79 Å². The number of carbonyl (C=O) groups is 1. The van der Waals surface area contributed by atoms with Gasteiger partial charge in [-0.3, -0.25) is 4.79 Å². The second-order valence-corrected chi connectivity index (χ2v) is 5.52. The Labute approximate surface area is 126 Å². The van der Waals surface area contributed by atoms with Gasteiger partial charge in [-0.2, -0.15) is 0 Å². The predicted molar refractivity (Wildman–Crippen MR) is 79.5 cm³/mol. The Bertz CT molecular complexity index is 434. The van der Waals surface area contributed by atoms with E-state index in [0.29, 0.717) is 10.6 Å². The molecule has 0 bridgehead atoms. The minimum Gasteiger partial charge on any atom is -0.339 e. The van der Waals surface area contributed by atoms with E-state index in [0.717, 1.165) is 30.4 Å². The van der Waals surface area contributed by atoms with Crippen LogP contribution in [0.2, 0.25) is 5.02 Å². The van der Waals surface area contributed by atoms with E-state index >= 15 is 0 Å². The Kier molecular flexibility index (Phi) is 5.92. The van der Waals surface area contributed by atoms with Gasteiger partial charge in [-0.15, -0.1) is 12.4 Å². The van der Waals surface area contributed by atoms with Crippen LogP contribution in [-0.4, -0.2) is 29.9 Å².